The summed E-state index contributed by atoms with van der Waals surface area (Å²) in [5.74, 6) is 1.08. The lowest BCUT2D eigenvalue weighted by molar-refractivity contribution is 0.0702. The third-order valence-corrected chi connectivity index (χ3v) is 6.01. The van der Waals surface area contributed by atoms with Gasteiger partial charge in [-0.2, -0.15) is 5.10 Å². The van der Waals surface area contributed by atoms with Gasteiger partial charge in [0.05, 0.1) is 0 Å². The van der Waals surface area contributed by atoms with Crippen molar-refractivity contribution in [3.05, 3.63) is 51.7 Å². The third-order valence-electron chi connectivity index (χ3n) is 6.01. The van der Waals surface area contributed by atoms with Gasteiger partial charge in [0.2, 0.25) is 0 Å². The molecule has 2 heterocycles. The van der Waals surface area contributed by atoms with Crippen LogP contribution in [0.3, 0.4) is 0 Å². The normalized spacial score (nSPS) is 21.0. The molecule has 6 nitrogen and oxygen atoms in total. The van der Waals surface area contributed by atoms with E-state index in [1.807, 2.05) is 40.7 Å². The van der Waals surface area contributed by atoms with Crippen molar-refractivity contribution in [2.24, 2.45) is 7.05 Å². The predicted octanol–water partition coefficient (Wildman–Crippen LogP) is 3.03. The average molecular weight is 368 g/mol. The van der Waals surface area contributed by atoms with E-state index in [1.165, 1.54) is 17.5 Å². The molecule has 2 fully saturated rings. The van der Waals surface area contributed by atoms with E-state index in [1.54, 1.807) is 7.05 Å². The van der Waals surface area contributed by atoms with E-state index in [-0.39, 0.29) is 23.6 Å². The molecule has 0 N–H and O–H groups in total. The number of piperidine rings is 1. The van der Waals surface area contributed by atoms with E-state index in [0.717, 1.165) is 49.2 Å². The summed E-state index contributed by atoms with van der Waals surface area (Å²) in [7, 11) is 1.73. The Bertz CT molecular complexity index is 892. The fourth-order valence-electron chi connectivity index (χ4n) is 4.62. The van der Waals surface area contributed by atoms with Crippen LogP contribution in [0.4, 0.5) is 0 Å². The molecule has 0 radical (unpaired) electrons. The first kappa shape index (κ1) is 18.0. The van der Waals surface area contributed by atoms with E-state index >= 15 is 0 Å². The van der Waals surface area contributed by atoms with Gasteiger partial charge in [-0.15, -0.1) is 0 Å². The van der Waals surface area contributed by atoms with Gasteiger partial charge in [0.25, 0.3) is 5.91 Å². The highest BCUT2D eigenvalue weighted by molar-refractivity contribution is 5.94. The highest BCUT2D eigenvalue weighted by Gasteiger charge is 2.32. The molecular weight excluding hydrogens is 340 g/mol. The second-order valence-electron chi connectivity index (χ2n) is 8.03. The summed E-state index contributed by atoms with van der Waals surface area (Å²) in [6.45, 7) is 3.41. The minimum atomic E-state index is -0.0148. The summed E-state index contributed by atoms with van der Waals surface area (Å²) in [5, 5.41) is 4.59. The first-order valence-corrected chi connectivity index (χ1v) is 10.1. The second-order valence-corrected chi connectivity index (χ2v) is 8.03. The molecule has 1 atom stereocenters. The Kier molecular flexibility index (Phi) is 4.89. The van der Waals surface area contributed by atoms with Crippen molar-refractivity contribution in [2.45, 2.75) is 57.4 Å². The Balaban J connectivity index is 1.59. The summed E-state index contributed by atoms with van der Waals surface area (Å²) in [5.41, 5.74) is 1.82. The Hall–Kier alpha value is -2.37. The smallest absolute Gasteiger partial charge is 0.338 e. The molecule has 1 unspecified atom stereocenters. The minimum absolute atomic E-state index is 0.0148. The molecule has 1 aliphatic carbocycles. The van der Waals surface area contributed by atoms with Crippen LogP contribution in [-0.4, -0.2) is 38.2 Å². The van der Waals surface area contributed by atoms with E-state index in [4.69, 9.17) is 0 Å². The van der Waals surface area contributed by atoms with Gasteiger partial charge >= 0.3 is 5.69 Å². The van der Waals surface area contributed by atoms with Crippen LogP contribution in [0.2, 0.25) is 0 Å². The zero-order valence-corrected chi connectivity index (χ0v) is 16.2. The van der Waals surface area contributed by atoms with Crippen molar-refractivity contribution in [3.8, 4) is 0 Å². The van der Waals surface area contributed by atoms with Crippen molar-refractivity contribution in [1.82, 2.24) is 19.2 Å². The summed E-state index contributed by atoms with van der Waals surface area (Å²) in [4.78, 5) is 27.6. The maximum absolute atomic E-state index is 13.0. The van der Waals surface area contributed by atoms with E-state index in [0.29, 0.717) is 6.54 Å². The summed E-state index contributed by atoms with van der Waals surface area (Å²) < 4.78 is 3.40. The molecule has 1 aromatic heterocycles. The van der Waals surface area contributed by atoms with Gasteiger partial charge in [0.1, 0.15) is 5.82 Å². The topological polar surface area (TPSA) is 60.1 Å². The molecule has 144 valence electrons. The molecule has 2 aliphatic rings. The lowest BCUT2D eigenvalue weighted by Gasteiger charge is -2.33. The fourth-order valence-corrected chi connectivity index (χ4v) is 4.62. The molecule has 1 saturated heterocycles. The number of hydrogen-bond donors (Lipinski definition) is 0. The Labute approximate surface area is 159 Å². The number of hydrogen-bond acceptors (Lipinski definition) is 3. The monoisotopic (exact) mass is 368 g/mol. The maximum Gasteiger partial charge on any atom is 0.345 e. The van der Waals surface area contributed by atoms with Crippen molar-refractivity contribution in [3.63, 3.8) is 0 Å². The Morgan fingerprint density at radius 2 is 1.93 bits per heavy atom. The fraction of sp³-hybridized carbons (Fsp3) is 0.571. The zero-order chi connectivity index (χ0) is 19.0. The number of nitrogens with zero attached hydrogens (tertiary/aromatic N) is 4. The van der Waals surface area contributed by atoms with Crippen LogP contribution in [0.5, 0.6) is 0 Å². The van der Waals surface area contributed by atoms with Crippen molar-refractivity contribution in [1.29, 1.82) is 0 Å². The number of carbonyl (C=O) groups is 1. The highest BCUT2D eigenvalue weighted by Crippen LogP contribution is 2.33. The lowest BCUT2D eigenvalue weighted by Crippen LogP contribution is -2.40. The highest BCUT2D eigenvalue weighted by atomic mass is 16.2. The molecule has 1 aromatic carbocycles. The van der Waals surface area contributed by atoms with E-state index in [2.05, 4.69) is 5.10 Å². The quantitative estimate of drug-likeness (QED) is 0.837. The molecule has 0 bridgehead atoms. The SMILES string of the molecule is Cc1cccc(C(=O)N2CCCC(c3nn(C)c(=O)n3C3CCCC3)C2)c1. The number of aryl methyl sites for hydroxylation is 2. The van der Waals surface area contributed by atoms with Gasteiger partial charge in [0, 0.05) is 37.7 Å². The van der Waals surface area contributed by atoms with Gasteiger partial charge in [-0.1, -0.05) is 30.5 Å². The number of benzene rings is 1. The van der Waals surface area contributed by atoms with Crippen LogP contribution < -0.4 is 5.69 Å². The summed E-state index contributed by atoms with van der Waals surface area (Å²) in [6, 6.07) is 8.03. The van der Waals surface area contributed by atoms with Crippen molar-refractivity contribution in [2.75, 3.05) is 13.1 Å². The summed E-state index contributed by atoms with van der Waals surface area (Å²) in [6.07, 6.45) is 6.37. The van der Waals surface area contributed by atoms with Crippen LogP contribution in [0.1, 0.15) is 72.2 Å². The first-order valence-electron chi connectivity index (χ1n) is 10.1. The second kappa shape index (κ2) is 7.33. The van der Waals surface area contributed by atoms with E-state index < -0.39 is 0 Å². The predicted molar refractivity (Wildman–Crippen MR) is 104 cm³/mol. The Morgan fingerprint density at radius 1 is 1.15 bits per heavy atom. The zero-order valence-electron chi connectivity index (χ0n) is 16.2. The van der Waals surface area contributed by atoms with Gasteiger partial charge < -0.3 is 4.90 Å². The summed E-state index contributed by atoms with van der Waals surface area (Å²) >= 11 is 0. The van der Waals surface area contributed by atoms with Crippen molar-refractivity contribution < 1.29 is 4.79 Å². The van der Waals surface area contributed by atoms with Crippen molar-refractivity contribution >= 4 is 5.91 Å². The molecule has 4 rings (SSSR count). The van der Waals surface area contributed by atoms with Gasteiger partial charge in [-0.25, -0.2) is 9.48 Å². The molecule has 1 amide bonds. The van der Waals surface area contributed by atoms with Crippen LogP contribution in [0.25, 0.3) is 0 Å². The average Bonchev–Trinajstić information content (AvgIpc) is 3.30. The number of carbonyl (C=O) groups excluding carboxylic acids is 1. The molecule has 2 aromatic rings. The van der Waals surface area contributed by atoms with Gasteiger partial charge in [-0.3, -0.25) is 9.36 Å². The third kappa shape index (κ3) is 3.45. The molecule has 6 heteroatoms. The van der Waals surface area contributed by atoms with Crippen LogP contribution in [0.15, 0.2) is 29.1 Å². The molecular formula is C21H28N4O2. The Morgan fingerprint density at radius 3 is 2.67 bits per heavy atom. The van der Waals surface area contributed by atoms with Gasteiger partial charge in [-0.05, 0) is 44.7 Å². The minimum Gasteiger partial charge on any atom is -0.338 e. The number of rotatable bonds is 3. The first-order chi connectivity index (χ1) is 13.0. The van der Waals surface area contributed by atoms with Gasteiger partial charge in [0.15, 0.2) is 0 Å². The molecule has 1 aliphatic heterocycles. The number of likely N-dealkylation sites (tertiary alicyclic amines) is 1. The molecule has 0 spiro atoms. The number of aromatic nitrogens is 3. The number of amides is 1. The van der Waals surface area contributed by atoms with Crippen LogP contribution >= 0.6 is 0 Å². The van der Waals surface area contributed by atoms with E-state index in [9.17, 15) is 9.59 Å². The largest absolute Gasteiger partial charge is 0.345 e. The molecule has 27 heavy (non-hydrogen) atoms. The molecule has 1 saturated carbocycles. The standard InChI is InChI=1S/C21H28N4O2/c1-15-7-5-8-16(13-15)20(26)24-12-6-9-17(14-24)19-22-23(2)21(27)25(19)18-10-3-4-11-18/h5,7-8,13,17-18H,3-4,6,9-12,14H2,1-2H3. The lowest BCUT2D eigenvalue weighted by atomic mass is 9.96. The van der Waals surface area contributed by atoms with Crippen LogP contribution in [0, 0.1) is 6.92 Å². The van der Waals surface area contributed by atoms with Crippen LogP contribution in [-0.2, 0) is 7.05 Å². The maximum atomic E-state index is 13.0.